The van der Waals surface area contributed by atoms with Gasteiger partial charge in [0, 0.05) is 18.7 Å². The van der Waals surface area contributed by atoms with E-state index in [1.54, 1.807) is 29.9 Å². The zero-order chi connectivity index (χ0) is 21.7. The van der Waals surface area contributed by atoms with Crippen molar-refractivity contribution in [1.82, 2.24) is 20.4 Å². The Labute approximate surface area is 175 Å². The Morgan fingerprint density at radius 1 is 1.00 bits per heavy atom. The normalized spacial score (nSPS) is 10.7. The van der Waals surface area contributed by atoms with Gasteiger partial charge in [-0.15, -0.1) is 0 Å². The van der Waals surface area contributed by atoms with Crippen molar-refractivity contribution in [2.75, 3.05) is 13.1 Å². The van der Waals surface area contributed by atoms with Gasteiger partial charge in [-0.2, -0.15) is 5.10 Å². The monoisotopic (exact) mass is 408 g/mol. The highest BCUT2D eigenvalue weighted by molar-refractivity contribution is 5.96. The molecule has 0 spiro atoms. The highest BCUT2D eigenvalue weighted by atomic mass is 19.1. The summed E-state index contributed by atoms with van der Waals surface area (Å²) in [5.74, 6) is -1.06. The van der Waals surface area contributed by atoms with E-state index in [0.717, 1.165) is 16.9 Å². The Bertz CT molecular complexity index is 1060. The quantitative estimate of drug-likeness (QED) is 0.589. The predicted octanol–water partition coefficient (Wildman–Crippen LogP) is 3.35. The van der Waals surface area contributed by atoms with Crippen LogP contribution in [0.4, 0.5) is 4.39 Å². The van der Waals surface area contributed by atoms with Gasteiger partial charge in [0.15, 0.2) is 0 Å². The van der Waals surface area contributed by atoms with E-state index in [9.17, 15) is 14.0 Å². The molecule has 156 valence electrons. The van der Waals surface area contributed by atoms with Gasteiger partial charge < -0.3 is 10.6 Å². The molecule has 7 heteroatoms. The second-order valence-electron chi connectivity index (χ2n) is 7.08. The van der Waals surface area contributed by atoms with Crippen molar-refractivity contribution in [1.29, 1.82) is 0 Å². The summed E-state index contributed by atoms with van der Waals surface area (Å²) in [6, 6.07) is 12.3. The average Bonchev–Trinajstić information content (AvgIpc) is 3.17. The first-order valence-corrected chi connectivity index (χ1v) is 9.87. The smallest absolute Gasteiger partial charge is 0.254 e. The fourth-order valence-corrected chi connectivity index (χ4v) is 3.10. The maximum atomic E-state index is 13.6. The molecule has 2 N–H and O–H groups in total. The lowest BCUT2D eigenvalue weighted by Gasteiger charge is -2.10. The molecule has 0 atom stereocenters. The summed E-state index contributed by atoms with van der Waals surface area (Å²) in [5.41, 5.74) is 4.10. The van der Waals surface area contributed by atoms with E-state index < -0.39 is 5.82 Å². The van der Waals surface area contributed by atoms with E-state index in [2.05, 4.69) is 15.7 Å². The van der Waals surface area contributed by atoms with Crippen molar-refractivity contribution >= 4 is 11.8 Å². The molecule has 1 aromatic heterocycles. The first-order valence-electron chi connectivity index (χ1n) is 9.87. The molecular weight excluding hydrogens is 383 g/mol. The van der Waals surface area contributed by atoms with E-state index >= 15 is 0 Å². The third-order valence-corrected chi connectivity index (χ3v) is 4.86. The first kappa shape index (κ1) is 21.2. The van der Waals surface area contributed by atoms with Gasteiger partial charge in [-0.1, -0.05) is 30.7 Å². The highest BCUT2D eigenvalue weighted by Gasteiger charge is 2.17. The van der Waals surface area contributed by atoms with Crippen molar-refractivity contribution in [3.8, 4) is 5.69 Å². The maximum Gasteiger partial charge on any atom is 0.254 e. The Kier molecular flexibility index (Phi) is 6.61. The third kappa shape index (κ3) is 4.74. The maximum absolute atomic E-state index is 13.6. The molecule has 0 radical (unpaired) electrons. The van der Waals surface area contributed by atoms with E-state index in [1.807, 2.05) is 38.1 Å². The summed E-state index contributed by atoms with van der Waals surface area (Å²) in [5, 5.41) is 9.84. The minimum atomic E-state index is -0.423. The lowest BCUT2D eigenvalue weighted by atomic mass is 10.1. The molecule has 0 fully saturated rings. The summed E-state index contributed by atoms with van der Waals surface area (Å²) in [7, 11) is 0. The number of nitrogens with one attached hydrogen (secondary N) is 2. The summed E-state index contributed by atoms with van der Waals surface area (Å²) in [6.45, 7) is 6.10. The zero-order valence-electron chi connectivity index (χ0n) is 17.3. The summed E-state index contributed by atoms with van der Waals surface area (Å²) in [4.78, 5) is 24.7. The molecule has 0 aliphatic heterocycles. The third-order valence-electron chi connectivity index (χ3n) is 4.86. The van der Waals surface area contributed by atoms with E-state index in [4.69, 9.17) is 0 Å². The minimum Gasteiger partial charge on any atom is -0.350 e. The fraction of sp³-hybridized carbons (Fsp3) is 0.261. The van der Waals surface area contributed by atoms with Gasteiger partial charge in [-0.3, -0.25) is 9.59 Å². The van der Waals surface area contributed by atoms with Gasteiger partial charge in [-0.05, 0) is 50.1 Å². The van der Waals surface area contributed by atoms with Crippen LogP contribution in [0.2, 0.25) is 0 Å². The standard InChI is InChI=1S/C23H25FN4O2/c1-4-21-19(14-27-28(21)18-9-5-15(2)6-10-18)23(30)26-12-11-25-22(29)17-8-7-16(3)20(24)13-17/h5-10,13-14H,4,11-12H2,1-3H3,(H,25,29)(H,26,30). The molecule has 1 heterocycles. The van der Waals surface area contributed by atoms with Crippen molar-refractivity contribution in [3.63, 3.8) is 0 Å². The molecule has 3 rings (SSSR count). The topological polar surface area (TPSA) is 76.0 Å². The van der Waals surface area contributed by atoms with Crippen LogP contribution < -0.4 is 10.6 Å². The molecule has 0 unspecified atom stereocenters. The molecule has 0 saturated carbocycles. The van der Waals surface area contributed by atoms with Crippen molar-refractivity contribution in [3.05, 3.63) is 82.4 Å². The highest BCUT2D eigenvalue weighted by Crippen LogP contribution is 2.16. The van der Waals surface area contributed by atoms with Crippen LogP contribution in [0.15, 0.2) is 48.7 Å². The summed E-state index contributed by atoms with van der Waals surface area (Å²) < 4.78 is 15.4. The van der Waals surface area contributed by atoms with Crippen molar-refractivity contribution < 1.29 is 14.0 Å². The molecule has 2 amide bonds. The van der Waals surface area contributed by atoms with Crippen LogP contribution in [0.5, 0.6) is 0 Å². The van der Waals surface area contributed by atoms with Gasteiger partial charge in [0.25, 0.3) is 11.8 Å². The van der Waals surface area contributed by atoms with Crippen LogP contribution in [-0.2, 0) is 6.42 Å². The second kappa shape index (κ2) is 9.35. The van der Waals surface area contributed by atoms with Crippen LogP contribution in [0.1, 0.15) is 44.5 Å². The average molecular weight is 408 g/mol. The minimum absolute atomic E-state index is 0.230. The summed E-state index contributed by atoms with van der Waals surface area (Å²) >= 11 is 0. The van der Waals surface area contributed by atoms with E-state index in [1.165, 1.54) is 6.07 Å². The van der Waals surface area contributed by atoms with E-state index in [-0.39, 0.29) is 30.5 Å². The summed E-state index contributed by atoms with van der Waals surface area (Å²) in [6.07, 6.45) is 2.20. The number of benzene rings is 2. The fourth-order valence-electron chi connectivity index (χ4n) is 3.10. The Hall–Kier alpha value is -3.48. The van der Waals surface area contributed by atoms with E-state index in [0.29, 0.717) is 17.5 Å². The number of hydrogen-bond acceptors (Lipinski definition) is 3. The van der Waals surface area contributed by atoms with Crippen molar-refractivity contribution in [2.24, 2.45) is 0 Å². The zero-order valence-corrected chi connectivity index (χ0v) is 17.3. The largest absolute Gasteiger partial charge is 0.350 e. The van der Waals surface area contributed by atoms with Crippen LogP contribution in [0, 0.1) is 19.7 Å². The molecule has 0 bridgehead atoms. The molecule has 0 aliphatic carbocycles. The van der Waals surface area contributed by atoms with Crippen LogP contribution >= 0.6 is 0 Å². The number of halogens is 1. The Balaban J connectivity index is 1.58. The Morgan fingerprint density at radius 3 is 2.30 bits per heavy atom. The SMILES string of the molecule is CCc1c(C(=O)NCCNC(=O)c2ccc(C)c(F)c2)cnn1-c1ccc(C)cc1. The number of aromatic nitrogens is 2. The molecular formula is C23H25FN4O2. The van der Waals surface area contributed by atoms with Gasteiger partial charge in [-0.25, -0.2) is 9.07 Å². The molecule has 0 saturated heterocycles. The predicted molar refractivity (Wildman–Crippen MR) is 113 cm³/mol. The molecule has 30 heavy (non-hydrogen) atoms. The van der Waals surface area contributed by atoms with Gasteiger partial charge in [0.1, 0.15) is 5.82 Å². The van der Waals surface area contributed by atoms with Gasteiger partial charge in [0.05, 0.1) is 23.1 Å². The number of rotatable bonds is 7. The number of carbonyl (C=O) groups excluding carboxylic acids is 2. The molecule has 3 aromatic rings. The van der Waals surface area contributed by atoms with Crippen LogP contribution in [-0.4, -0.2) is 34.7 Å². The first-order chi connectivity index (χ1) is 14.4. The lowest BCUT2D eigenvalue weighted by molar-refractivity contribution is 0.0927. The Morgan fingerprint density at radius 2 is 1.67 bits per heavy atom. The van der Waals surface area contributed by atoms with Gasteiger partial charge in [0.2, 0.25) is 0 Å². The van der Waals surface area contributed by atoms with Crippen LogP contribution in [0.3, 0.4) is 0 Å². The molecule has 0 aliphatic rings. The number of aryl methyl sites for hydroxylation is 2. The van der Waals surface area contributed by atoms with Crippen molar-refractivity contribution in [2.45, 2.75) is 27.2 Å². The second-order valence-corrected chi connectivity index (χ2v) is 7.08. The van der Waals surface area contributed by atoms with Gasteiger partial charge >= 0.3 is 0 Å². The van der Waals surface area contributed by atoms with Crippen LogP contribution in [0.25, 0.3) is 5.69 Å². The number of nitrogens with zero attached hydrogens (tertiary/aromatic N) is 2. The lowest BCUT2D eigenvalue weighted by Crippen LogP contribution is -2.35. The molecule has 6 nitrogen and oxygen atoms in total. The number of amides is 2. The molecule has 2 aromatic carbocycles. The number of hydrogen-bond donors (Lipinski definition) is 2. The number of carbonyl (C=O) groups is 2.